The molecule has 4 heterocycles. The van der Waals surface area contributed by atoms with E-state index in [1.807, 2.05) is 30.5 Å². The molecule has 1 aliphatic heterocycles. The number of furan rings is 1. The minimum atomic E-state index is -0.000492. The smallest absolute Gasteiger partial charge is 0.170 e. The molecule has 1 N–H and O–H groups in total. The van der Waals surface area contributed by atoms with Crippen molar-refractivity contribution in [3.8, 4) is 0 Å². The molecule has 0 radical (unpaired) electrons. The van der Waals surface area contributed by atoms with Gasteiger partial charge >= 0.3 is 0 Å². The highest BCUT2D eigenvalue weighted by Gasteiger charge is 2.41. The van der Waals surface area contributed by atoms with E-state index in [4.69, 9.17) is 16.6 Å². The normalized spacial score (nSPS) is 19.5. The monoisotopic (exact) mass is 380 g/mol. The summed E-state index contributed by atoms with van der Waals surface area (Å²) in [5.41, 5.74) is 4.81. The number of nitrogens with zero attached hydrogens (tertiary/aromatic N) is 3. The lowest BCUT2D eigenvalue weighted by Crippen LogP contribution is -2.29. The van der Waals surface area contributed by atoms with Crippen LogP contribution < -0.4 is 5.32 Å². The summed E-state index contributed by atoms with van der Waals surface area (Å²) in [5.74, 6) is 0.898. The van der Waals surface area contributed by atoms with Crippen molar-refractivity contribution in [2.24, 2.45) is 0 Å². The van der Waals surface area contributed by atoms with E-state index in [1.165, 1.54) is 17.0 Å². The van der Waals surface area contributed by atoms with Crippen molar-refractivity contribution in [3.05, 3.63) is 77.3 Å². The lowest BCUT2D eigenvalue weighted by Gasteiger charge is -2.27. The molecule has 0 bridgehead atoms. The second kappa shape index (κ2) is 7.19. The Hall–Kier alpha value is -2.60. The largest absolute Gasteiger partial charge is 0.467 e. The van der Waals surface area contributed by atoms with Crippen molar-refractivity contribution in [1.29, 1.82) is 0 Å². The van der Waals surface area contributed by atoms with Gasteiger partial charge in [-0.1, -0.05) is 6.07 Å². The summed E-state index contributed by atoms with van der Waals surface area (Å²) in [4.78, 5) is 6.82. The second-order valence-corrected chi connectivity index (χ2v) is 7.29. The van der Waals surface area contributed by atoms with E-state index in [0.29, 0.717) is 6.54 Å². The van der Waals surface area contributed by atoms with Gasteiger partial charge in [-0.2, -0.15) is 0 Å². The van der Waals surface area contributed by atoms with Gasteiger partial charge in [-0.25, -0.2) is 0 Å². The van der Waals surface area contributed by atoms with Gasteiger partial charge in [0.05, 0.1) is 30.6 Å². The van der Waals surface area contributed by atoms with Gasteiger partial charge in [-0.05, 0) is 68.9 Å². The Morgan fingerprint density at radius 3 is 2.70 bits per heavy atom. The zero-order chi connectivity index (χ0) is 19.0. The number of hydrogen-bond donors (Lipinski definition) is 1. The molecule has 0 aliphatic carbocycles. The molecule has 0 spiro atoms. The fourth-order valence-corrected chi connectivity index (χ4v) is 4.40. The van der Waals surface area contributed by atoms with Crippen molar-refractivity contribution < 1.29 is 4.42 Å². The van der Waals surface area contributed by atoms with Crippen LogP contribution in [-0.4, -0.2) is 19.6 Å². The summed E-state index contributed by atoms with van der Waals surface area (Å²) in [6.07, 6.45) is 3.54. The first kappa shape index (κ1) is 17.8. The van der Waals surface area contributed by atoms with Gasteiger partial charge < -0.3 is 19.2 Å². The number of thiocarbonyl (C=S) groups is 1. The van der Waals surface area contributed by atoms with Crippen LogP contribution in [0.2, 0.25) is 0 Å². The first-order chi connectivity index (χ1) is 13.1. The molecule has 1 fully saturated rings. The number of aryl methyl sites for hydroxylation is 1. The summed E-state index contributed by atoms with van der Waals surface area (Å²) in [5, 5.41) is 4.23. The molecule has 140 valence electrons. The van der Waals surface area contributed by atoms with Crippen LogP contribution in [0.15, 0.2) is 53.3 Å². The van der Waals surface area contributed by atoms with E-state index in [1.54, 1.807) is 6.26 Å². The van der Waals surface area contributed by atoms with E-state index in [2.05, 4.69) is 52.7 Å². The average molecular weight is 381 g/mol. The van der Waals surface area contributed by atoms with Crippen LogP contribution >= 0.6 is 12.2 Å². The van der Waals surface area contributed by atoms with Crippen LogP contribution in [0.5, 0.6) is 0 Å². The molecule has 2 atom stereocenters. The lowest BCUT2D eigenvalue weighted by molar-refractivity contribution is 0.286. The van der Waals surface area contributed by atoms with Gasteiger partial charge in [0.15, 0.2) is 5.11 Å². The molecule has 27 heavy (non-hydrogen) atoms. The Kier molecular flexibility index (Phi) is 4.74. The van der Waals surface area contributed by atoms with E-state index in [0.717, 1.165) is 23.1 Å². The maximum Gasteiger partial charge on any atom is 0.170 e. The Morgan fingerprint density at radius 2 is 2.07 bits per heavy atom. The van der Waals surface area contributed by atoms with Crippen LogP contribution in [0.1, 0.15) is 47.4 Å². The van der Waals surface area contributed by atoms with Crippen molar-refractivity contribution >= 4 is 17.3 Å². The predicted octanol–water partition coefficient (Wildman–Crippen LogP) is 4.29. The molecule has 3 aromatic rings. The van der Waals surface area contributed by atoms with Crippen molar-refractivity contribution in [1.82, 2.24) is 19.8 Å². The number of aromatic nitrogens is 2. The van der Waals surface area contributed by atoms with Gasteiger partial charge in [0, 0.05) is 24.1 Å². The molecule has 0 saturated carbocycles. The molecule has 6 heteroatoms. The molecule has 3 aromatic heterocycles. The minimum absolute atomic E-state index is 0.000492. The van der Waals surface area contributed by atoms with Crippen molar-refractivity contribution in [2.45, 2.75) is 45.9 Å². The van der Waals surface area contributed by atoms with Crippen molar-refractivity contribution in [3.63, 3.8) is 0 Å². The molecule has 2 unspecified atom stereocenters. The van der Waals surface area contributed by atoms with E-state index >= 15 is 0 Å². The average Bonchev–Trinajstić information content (AvgIpc) is 3.36. The molecular formula is C21H24N4OS. The number of rotatable bonds is 5. The Labute approximate surface area is 165 Å². The van der Waals surface area contributed by atoms with Gasteiger partial charge in [-0.15, -0.1) is 0 Å². The summed E-state index contributed by atoms with van der Waals surface area (Å²) in [7, 11) is 0. The standard InChI is InChI=1S/C21H24N4OS/c1-4-24-14(2)12-17(15(24)3)20-19(18-9-5-6-10-22-18)23-21(27)25(20)13-16-8-7-11-26-16/h5-12,19-20H,4,13H2,1-3H3,(H,23,27). The maximum atomic E-state index is 5.72. The summed E-state index contributed by atoms with van der Waals surface area (Å²) < 4.78 is 7.94. The zero-order valence-corrected chi connectivity index (χ0v) is 16.7. The molecule has 0 aromatic carbocycles. The fourth-order valence-electron chi connectivity index (χ4n) is 4.10. The third-order valence-corrected chi connectivity index (χ3v) is 5.70. The van der Waals surface area contributed by atoms with E-state index in [9.17, 15) is 0 Å². The highest BCUT2D eigenvalue weighted by atomic mass is 32.1. The van der Waals surface area contributed by atoms with Crippen molar-refractivity contribution in [2.75, 3.05) is 0 Å². The zero-order valence-electron chi connectivity index (χ0n) is 15.8. The predicted molar refractivity (Wildman–Crippen MR) is 109 cm³/mol. The molecule has 0 amide bonds. The molecule has 1 saturated heterocycles. The van der Waals surface area contributed by atoms with E-state index in [-0.39, 0.29) is 12.1 Å². The quantitative estimate of drug-likeness (QED) is 0.669. The molecule has 1 aliphatic rings. The van der Waals surface area contributed by atoms with Crippen LogP contribution in [0.4, 0.5) is 0 Å². The summed E-state index contributed by atoms with van der Waals surface area (Å²) >= 11 is 5.72. The van der Waals surface area contributed by atoms with Crippen LogP contribution in [0.3, 0.4) is 0 Å². The summed E-state index contributed by atoms with van der Waals surface area (Å²) in [6, 6.07) is 12.3. The number of pyridine rings is 1. The van der Waals surface area contributed by atoms with Crippen LogP contribution in [0, 0.1) is 13.8 Å². The molecule has 4 rings (SSSR count). The topological polar surface area (TPSA) is 46.2 Å². The Bertz CT molecular complexity index is 933. The first-order valence-electron chi connectivity index (χ1n) is 9.27. The van der Waals surface area contributed by atoms with Gasteiger partial charge in [0.1, 0.15) is 5.76 Å². The second-order valence-electron chi connectivity index (χ2n) is 6.90. The molecule has 5 nitrogen and oxygen atoms in total. The third-order valence-electron chi connectivity index (χ3n) is 5.35. The van der Waals surface area contributed by atoms with Crippen LogP contribution in [0.25, 0.3) is 0 Å². The van der Waals surface area contributed by atoms with Gasteiger partial charge in [-0.3, -0.25) is 4.98 Å². The highest BCUT2D eigenvalue weighted by Crippen LogP contribution is 2.41. The third kappa shape index (κ3) is 3.14. The van der Waals surface area contributed by atoms with Crippen LogP contribution in [-0.2, 0) is 13.1 Å². The van der Waals surface area contributed by atoms with Gasteiger partial charge in [0.25, 0.3) is 0 Å². The highest BCUT2D eigenvalue weighted by molar-refractivity contribution is 7.80. The number of nitrogens with one attached hydrogen (secondary N) is 1. The minimum Gasteiger partial charge on any atom is -0.467 e. The Balaban J connectivity index is 1.80. The SMILES string of the molecule is CCn1c(C)cc(C2C(c3ccccn3)NC(=S)N2Cc2ccco2)c1C. The number of hydrogen-bond acceptors (Lipinski definition) is 3. The van der Waals surface area contributed by atoms with Gasteiger partial charge in [0.2, 0.25) is 0 Å². The lowest BCUT2D eigenvalue weighted by atomic mass is 9.96. The first-order valence-corrected chi connectivity index (χ1v) is 9.68. The van der Waals surface area contributed by atoms with E-state index < -0.39 is 0 Å². The maximum absolute atomic E-state index is 5.72. The molecular weight excluding hydrogens is 356 g/mol. The Morgan fingerprint density at radius 1 is 1.22 bits per heavy atom. The summed E-state index contributed by atoms with van der Waals surface area (Å²) in [6.45, 7) is 8.11. The fraction of sp³-hybridized carbons (Fsp3) is 0.333.